The summed E-state index contributed by atoms with van der Waals surface area (Å²) in [6, 6.07) is 29.4. The minimum Gasteiger partial charge on any atom is -0.369 e. The average Bonchev–Trinajstić information content (AvgIpc) is 2.90. The molecule has 4 aromatic rings. The maximum atomic E-state index is 12.4. The minimum atomic E-state index is -0.529. The summed E-state index contributed by atoms with van der Waals surface area (Å²) in [4.78, 5) is 37.0. The van der Waals surface area contributed by atoms with Gasteiger partial charge in [-0.25, -0.2) is 0 Å². The Labute approximate surface area is 205 Å². The molecule has 4 heteroatoms. The van der Waals surface area contributed by atoms with E-state index in [0.29, 0.717) is 27.8 Å². The molecule has 0 fully saturated rings. The van der Waals surface area contributed by atoms with Crippen LogP contribution in [0.25, 0.3) is 0 Å². The van der Waals surface area contributed by atoms with Crippen molar-refractivity contribution in [3.63, 3.8) is 0 Å². The molecular formula is C31H26O4. The van der Waals surface area contributed by atoms with E-state index in [1.54, 1.807) is 43.5 Å². The maximum absolute atomic E-state index is 12.4. The summed E-state index contributed by atoms with van der Waals surface area (Å²) in [5.74, 6) is -0.120. The summed E-state index contributed by atoms with van der Waals surface area (Å²) < 4.78 is 5.30. The van der Waals surface area contributed by atoms with E-state index in [9.17, 15) is 14.4 Å². The van der Waals surface area contributed by atoms with Crippen molar-refractivity contribution in [3.8, 4) is 0 Å². The van der Waals surface area contributed by atoms with Gasteiger partial charge in [0.25, 0.3) is 0 Å². The second kappa shape index (κ2) is 10.4. The van der Waals surface area contributed by atoms with Crippen molar-refractivity contribution in [1.82, 2.24) is 0 Å². The molecule has 5 rings (SSSR count). The van der Waals surface area contributed by atoms with Crippen molar-refractivity contribution < 1.29 is 19.1 Å². The molecule has 0 N–H and O–H groups in total. The first-order chi connectivity index (χ1) is 16.9. The van der Waals surface area contributed by atoms with Crippen LogP contribution in [0.1, 0.15) is 65.0 Å². The number of hydrogen-bond acceptors (Lipinski definition) is 4. The van der Waals surface area contributed by atoms with Gasteiger partial charge in [0.05, 0.1) is 0 Å². The zero-order valence-electron chi connectivity index (χ0n) is 19.9. The van der Waals surface area contributed by atoms with E-state index in [2.05, 4.69) is 0 Å². The number of carbonyl (C=O) groups is 3. The van der Waals surface area contributed by atoms with Crippen LogP contribution < -0.4 is 0 Å². The fraction of sp³-hybridized carbons (Fsp3) is 0.129. The van der Waals surface area contributed by atoms with Gasteiger partial charge in [0.15, 0.2) is 17.3 Å². The second-order valence-corrected chi connectivity index (χ2v) is 8.44. The molecule has 0 aromatic heterocycles. The van der Waals surface area contributed by atoms with Crippen LogP contribution in [0.4, 0.5) is 0 Å². The third kappa shape index (κ3) is 4.88. The second-order valence-electron chi connectivity index (χ2n) is 8.44. The molecule has 1 aliphatic rings. The van der Waals surface area contributed by atoms with Crippen LogP contribution in [0.15, 0.2) is 97.1 Å². The van der Waals surface area contributed by atoms with Crippen LogP contribution in [0.2, 0.25) is 0 Å². The van der Waals surface area contributed by atoms with Gasteiger partial charge in [-0.15, -0.1) is 0 Å². The topological polar surface area (TPSA) is 60.4 Å². The molecule has 0 heterocycles. The average molecular weight is 463 g/mol. The zero-order chi connectivity index (χ0) is 24.9. The number of rotatable bonds is 4. The number of hydrogen-bond donors (Lipinski definition) is 0. The van der Waals surface area contributed by atoms with Crippen LogP contribution in [0.5, 0.6) is 0 Å². The molecule has 174 valence electrons. The van der Waals surface area contributed by atoms with E-state index in [0.717, 1.165) is 16.7 Å². The Hall–Kier alpha value is -4.15. The van der Waals surface area contributed by atoms with Gasteiger partial charge in [0.1, 0.15) is 6.10 Å². The number of methoxy groups -OCH3 is 1. The zero-order valence-corrected chi connectivity index (χ0v) is 19.9. The molecule has 1 unspecified atom stereocenters. The lowest BCUT2D eigenvalue weighted by molar-refractivity contribution is 0.0604. The summed E-state index contributed by atoms with van der Waals surface area (Å²) in [7, 11) is 1.55. The first-order valence-corrected chi connectivity index (χ1v) is 11.4. The molecule has 0 radical (unpaired) electrons. The van der Waals surface area contributed by atoms with Gasteiger partial charge in [-0.05, 0) is 42.7 Å². The summed E-state index contributed by atoms with van der Waals surface area (Å²) in [6.45, 7) is 3.90. The van der Waals surface area contributed by atoms with Crippen LogP contribution in [0, 0.1) is 13.8 Å². The molecule has 0 bridgehead atoms. The van der Waals surface area contributed by atoms with E-state index in [1.807, 2.05) is 74.5 Å². The summed E-state index contributed by atoms with van der Waals surface area (Å²) in [6.07, 6.45) is -0.529. The van der Waals surface area contributed by atoms with Crippen LogP contribution >= 0.6 is 0 Å². The van der Waals surface area contributed by atoms with Gasteiger partial charge in [-0.3, -0.25) is 14.4 Å². The van der Waals surface area contributed by atoms with Crippen molar-refractivity contribution in [2.24, 2.45) is 0 Å². The molecule has 0 spiro atoms. The molecule has 1 aliphatic carbocycles. The van der Waals surface area contributed by atoms with Gasteiger partial charge in [0, 0.05) is 34.9 Å². The van der Waals surface area contributed by atoms with Crippen molar-refractivity contribution in [1.29, 1.82) is 0 Å². The highest BCUT2D eigenvalue weighted by molar-refractivity contribution is 6.28. The predicted molar refractivity (Wildman–Crippen MR) is 136 cm³/mol. The molecule has 0 saturated heterocycles. The van der Waals surface area contributed by atoms with Gasteiger partial charge in [0.2, 0.25) is 0 Å². The number of Topliss-reactive ketones (excluding diaryl/α,β-unsaturated/α-hetero) is 1. The van der Waals surface area contributed by atoms with Crippen molar-refractivity contribution in [2.75, 3.05) is 7.11 Å². The lowest BCUT2D eigenvalue weighted by atomic mass is 9.82. The van der Waals surface area contributed by atoms with E-state index in [1.165, 1.54) is 0 Å². The van der Waals surface area contributed by atoms with Gasteiger partial charge < -0.3 is 4.74 Å². The highest BCUT2D eigenvalue weighted by Gasteiger charge is 2.29. The number of ketones is 3. The quantitative estimate of drug-likeness (QED) is 0.293. The molecular weight excluding hydrogens is 436 g/mol. The number of carbonyl (C=O) groups excluding carboxylic acids is 3. The third-order valence-corrected chi connectivity index (χ3v) is 6.17. The van der Waals surface area contributed by atoms with E-state index in [-0.39, 0.29) is 17.3 Å². The number of ether oxygens (including phenoxy) is 1. The van der Waals surface area contributed by atoms with Crippen molar-refractivity contribution >= 4 is 17.3 Å². The molecule has 0 aliphatic heterocycles. The van der Waals surface area contributed by atoms with Crippen molar-refractivity contribution in [2.45, 2.75) is 20.0 Å². The van der Waals surface area contributed by atoms with E-state index >= 15 is 0 Å². The molecule has 35 heavy (non-hydrogen) atoms. The van der Waals surface area contributed by atoms with Gasteiger partial charge in [-0.2, -0.15) is 0 Å². The van der Waals surface area contributed by atoms with Crippen molar-refractivity contribution in [3.05, 3.63) is 142 Å². The fourth-order valence-electron chi connectivity index (χ4n) is 4.14. The number of benzene rings is 4. The van der Waals surface area contributed by atoms with Crippen LogP contribution in [-0.2, 0) is 4.74 Å². The largest absolute Gasteiger partial charge is 0.369 e. The molecule has 0 amide bonds. The monoisotopic (exact) mass is 462 g/mol. The standard InChI is InChI=1S/C16H12O2.C15H14O2/c1-9-7-13-14(8-10(9)2)16(18)12-6-4-3-5-11(12)15(13)17;1-17-15(13-10-6-3-7-11-13)14(16)12-8-4-2-5-9-12/h3-8H,1-2H3;2-11,15H,1H3. The highest BCUT2D eigenvalue weighted by Crippen LogP contribution is 2.29. The highest BCUT2D eigenvalue weighted by atomic mass is 16.5. The smallest absolute Gasteiger partial charge is 0.196 e. The lowest BCUT2D eigenvalue weighted by Gasteiger charge is -2.18. The summed E-state index contributed by atoms with van der Waals surface area (Å²) in [5, 5.41) is 0. The molecule has 0 saturated carbocycles. The minimum absolute atomic E-state index is 0.0145. The number of fused-ring (bicyclic) bond motifs is 2. The van der Waals surface area contributed by atoms with E-state index in [4.69, 9.17) is 4.74 Å². The van der Waals surface area contributed by atoms with Crippen LogP contribution in [-0.4, -0.2) is 24.5 Å². The summed E-state index contributed by atoms with van der Waals surface area (Å²) in [5.41, 5.74) is 5.70. The van der Waals surface area contributed by atoms with E-state index < -0.39 is 6.10 Å². The normalized spacial score (nSPS) is 12.7. The molecule has 4 aromatic carbocycles. The molecule has 1 atom stereocenters. The Morgan fingerprint density at radius 1 is 0.629 bits per heavy atom. The SMILES string of the molecule is COC(C(=O)c1ccccc1)c1ccccc1.Cc1cc2c(cc1C)C(=O)c1ccccc1C2=O. The first-order valence-electron chi connectivity index (χ1n) is 11.4. The maximum Gasteiger partial charge on any atom is 0.196 e. The number of aryl methyl sites for hydroxylation is 2. The van der Waals surface area contributed by atoms with Gasteiger partial charge >= 0.3 is 0 Å². The summed E-state index contributed by atoms with van der Waals surface area (Å²) >= 11 is 0. The Morgan fingerprint density at radius 2 is 1.06 bits per heavy atom. The first kappa shape index (κ1) is 24.0. The predicted octanol–water partition coefficient (Wildman–Crippen LogP) is 6.34. The molecule has 4 nitrogen and oxygen atoms in total. The Bertz CT molecular complexity index is 1330. The van der Waals surface area contributed by atoms with Crippen LogP contribution in [0.3, 0.4) is 0 Å². The Balaban J connectivity index is 0.000000165. The fourth-order valence-corrected chi connectivity index (χ4v) is 4.14. The third-order valence-electron chi connectivity index (χ3n) is 6.17. The Kier molecular flexibility index (Phi) is 7.14. The Morgan fingerprint density at radius 3 is 1.51 bits per heavy atom. The van der Waals surface area contributed by atoms with Gasteiger partial charge in [-0.1, -0.05) is 84.9 Å². The lowest BCUT2D eigenvalue weighted by Crippen LogP contribution is -2.21.